The number of halogens is 1. The summed E-state index contributed by atoms with van der Waals surface area (Å²) >= 11 is 7.82. The molecule has 2 aromatic carbocycles. The molecular weight excluding hydrogens is 302 g/mol. The fourth-order valence-electron chi connectivity index (χ4n) is 2.05. The largest absolute Gasteiger partial charge is 0.494 e. The lowest BCUT2D eigenvalue weighted by molar-refractivity contribution is 0.340. The lowest BCUT2D eigenvalue weighted by Gasteiger charge is -2.03. The molecule has 4 heteroatoms. The van der Waals surface area contributed by atoms with E-state index in [0.717, 1.165) is 32.6 Å². The fraction of sp³-hybridized carbons (Fsp3) is 0.118. The first-order chi connectivity index (χ1) is 10.3. The van der Waals surface area contributed by atoms with Crippen molar-refractivity contribution in [1.29, 1.82) is 0 Å². The molecule has 21 heavy (non-hydrogen) atoms. The van der Waals surface area contributed by atoms with Crippen molar-refractivity contribution >= 4 is 22.9 Å². The molecule has 1 aromatic heterocycles. The smallest absolute Gasteiger partial charge is 0.125 e. The van der Waals surface area contributed by atoms with Crippen molar-refractivity contribution in [3.8, 4) is 27.6 Å². The summed E-state index contributed by atoms with van der Waals surface area (Å²) in [6, 6.07) is 15.7. The molecule has 0 N–H and O–H groups in total. The van der Waals surface area contributed by atoms with Gasteiger partial charge in [0.25, 0.3) is 0 Å². The van der Waals surface area contributed by atoms with Crippen molar-refractivity contribution in [2.45, 2.75) is 6.92 Å². The molecule has 0 unspecified atom stereocenters. The Morgan fingerprint density at radius 1 is 1.10 bits per heavy atom. The Bertz CT molecular complexity index is 737. The van der Waals surface area contributed by atoms with E-state index in [-0.39, 0.29) is 0 Å². The van der Waals surface area contributed by atoms with Gasteiger partial charge in [-0.15, -0.1) is 11.3 Å². The van der Waals surface area contributed by atoms with Gasteiger partial charge in [-0.1, -0.05) is 29.8 Å². The SMILES string of the molecule is CCOc1ccc(-c2csc(-c3ccccc3Cl)n2)cc1. The second kappa shape index (κ2) is 6.29. The van der Waals surface area contributed by atoms with Crippen LogP contribution in [0.4, 0.5) is 0 Å². The maximum Gasteiger partial charge on any atom is 0.125 e. The quantitative estimate of drug-likeness (QED) is 0.631. The normalized spacial score (nSPS) is 10.6. The number of nitrogens with zero attached hydrogens (tertiary/aromatic N) is 1. The van der Waals surface area contributed by atoms with Gasteiger partial charge in [-0.3, -0.25) is 0 Å². The lowest BCUT2D eigenvalue weighted by Crippen LogP contribution is -1.90. The molecule has 0 radical (unpaired) electrons. The van der Waals surface area contributed by atoms with E-state index in [1.165, 1.54) is 0 Å². The predicted octanol–water partition coefficient (Wildman–Crippen LogP) is 5.53. The van der Waals surface area contributed by atoms with Crippen molar-refractivity contribution in [2.75, 3.05) is 6.61 Å². The molecule has 1 heterocycles. The zero-order chi connectivity index (χ0) is 14.7. The van der Waals surface area contributed by atoms with Gasteiger partial charge in [0.05, 0.1) is 17.3 Å². The van der Waals surface area contributed by atoms with E-state index < -0.39 is 0 Å². The molecule has 0 aliphatic heterocycles. The third kappa shape index (κ3) is 3.09. The van der Waals surface area contributed by atoms with Crippen LogP contribution in [0.15, 0.2) is 53.9 Å². The minimum absolute atomic E-state index is 0.673. The van der Waals surface area contributed by atoms with Crippen molar-refractivity contribution in [1.82, 2.24) is 4.98 Å². The summed E-state index contributed by atoms with van der Waals surface area (Å²) in [7, 11) is 0. The minimum Gasteiger partial charge on any atom is -0.494 e. The number of rotatable bonds is 4. The molecule has 0 atom stereocenters. The van der Waals surface area contributed by atoms with E-state index in [4.69, 9.17) is 16.3 Å². The molecule has 0 amide bonds. The van der Waals surface area contributed by atoms with Crippen molar-refractivity contribution in [3.63, 3.8) is 0 Å². The summed E-state index contributed by atoms with van der Waals surface area (Å²) in [6.07, 6.45) is 0. The number of ether oxygens (including phenoxy) is 1. The highest BCUT2D eigenvalue weighted by molar-refractivity contribution is 7.13. The first kappa shape index (κ1) is 14.1. The zero-order valence-electron chi connectivity index (χ0n) is 11.5. The third-order valence-electron chi connectivity index (χ3n) is 3.07. The van der Waals surface area contributed by atoms with Crippen LogP contribution in [-0.2, 0) is 0 Å². The highest BCUT2D eigenvalue weighted by Gasteiger charge is 2.09. The predicted molar refractivity (Wildman–Crippen MR) is 89.2 cm³/mol. The van der Waals surface area contributed by atoms with Gasteiger partial charge in [-0.2, -0.15) is 0 Å². The Morgan fingerprint density at radius 2 is 1.86 bits per heavy atom. The number of hydrogen-bond donors (Lipinski definition) is 0. The summed E-state index contributed by atoms with van der Waals surface area (Å²) < 4.78 is 5.45. The maximum absolute atomic E-state index is 6.22. The van der Waals surface area contributed by atoms with Gasteiger partial charge in [-0.05, 0) is 37.3 Å². The number of thiazole rings is 1. The van der Waals surface area contributed by atoms with Crippen LogP contribution in [0.2, 0.25) is 5.02 Å². The minimum atomic E-state index is 0.673. The second-order valence-corrected chi connectivity index (χ2v) is 5.74. The molecule has 106 valence electrons. The van der Waals surface area contributed by atoms with Crippen LogP contribution in [0.25, 0.3) is 21.8 Å². The molecule has 0 spiro atoms. The Morgan fingerprint density at radius 3 is 2.57 bits per heavy atom. The van der Waals surface area contributed by atoms with Crippen LogP contribution in [0.3, 0.4) is 0 Å². The average molecular weight is 316 g/mol. The Labute approximate surface area is 133 Å². The van der Waals surface area contributed by atoms with Gasteiger partial charge >= 0.3 is 0 Å². The lowest BCUT2D eigenvalue weighted by atomic mass is 10.1. The first-order valence-corrected chi connectivity index (χ1v) is 7.97. The van der Waals surface area contributed by atoms with E-state index in [2.05, 4.69) is 4.98 Å². The highest BCUT2D eigenvalue weighted by Crippen LogP contribution is 2.33. The van der Waals surface area contributed by atoms with Gasteiger partial charge in [0.1, 0.15) is 10.8 Å². The molecule has 0 aliphatic carbocycles. The molecule has 0 fully saturated rings. The summed E-state index contributed by atoms with van der Waals surface area (Å²) in [6.45, 7) is 2.65. The number of hydrogen-bond acceptors (Lipinski definition) is 3. The van der Waals surface area contributed by atoms with Gasteiger partial charge < -0.3 is 4.74 Å². The number of aromatic nitrogens is 1. The first-order valence-electron chi connectivity index (χ1n) is 6.71. The summed E-state index contributed by atoms with van der Waals surface area (Å²) in [5, 5.41) is 3.71. The van der Waals surface area contributed by atoms with E-state index >= 15 is 0 Å². The molecule has 3 aromatic rings. The Kier molecular flexibility index (Phi) is 4.23. The van der Waals surface area contributed by atoms with E-state index in [1.54, 1.807) is 11.3 Å². The molecule has 0 bridgehead atoms. The van der Waals surface area contributed by atoms with Gasteiger partial charge in [0.2, 0.25) is 0 Å². The Hall–Kier alpha value is -1.84. The van der Waals surface area contributed by atoms with Crippen LogP contribution >= 0.6 is 22.9 Å². The number of benzene rings is 2. The van der Waals surface area contributed by atoms with Crippen LogP contribution in [0.5, 0.6) is 5.75 Å². The summed E-state index contributed by atoms with van der Waals surface area (Å²) in [4.78, 5) is 4.68. The van der Waals surface area contributed by atoms with Crippen LogP contribution in [0, 0.1) is 0 Å². The highest BCUT2D eigenvalue weighted by atomic mass is 35.5. The monoisotopic (exact) mass is 315 g/mol. The molecule has 2 nitrogen and oxygen atoms in total. The van der Waals surface area contributed by atoms with Crippen molar-refractivity contribution < 1.29 is 4.74 Å². The Balaban J connectivity index is 1.89. The van der Waals surface area contributed by atoms with Crippen LogP contribution < -0.4 is 4.74 Å². The van der Waals surface area contributed by atoms with Crippen LogP contribution in [0.1, 0.15) is 6.92 Å². The average Bonchev–Trinajstić information content (AvgIpc) is 2.98. The van der Waals surface area contributed by atoms with E-state index in [9.17, 15) is 0 Å². The fourth-order valence-corrected chi connectivity index (χ4v) is 3.20. The van der Waals surface area contributed by atoms with E-state index in [0.29, 0.717) is 6.61 Å². The third-order valence-corrected chi connectivity index (χ3v) is 4.27. The second-order valence-electron chi connectivity index (χ2n) is 4.48. The van der Waals surface area contributed by atoms with E-state index in [1.807, 2.05) is 60.8 Å². The van der Waals surface area contributed by atoms with Gasteiger partial charge in [0.15, 0.2) is 0 Å². The molecule has 0 saturated carbocycles. The molecule has 0 saturated heterocycles. The summed E-state index contributed by atoms with van der Waals surface area (Å²) in [5.74, 6) is 0.878. The van der Waals surface area contributed by atoms with Crippen molar-refractivity contribution in [2.24, 2.45) is 0 Å². The molecule has 3 rings (SSSR count). The summed E-state index contributed by atoms with van der Waals surface area (Å²) in [5.41, 5.74) is 3.01. The standard InChI is InChI=1S/C17H14ClNOS/c1-2-20-13-9-7-12(8-10-13)16-11-21-17(19-16)14-5-3-4-6-15(14)18/h3-11H,2H2,1H3. The van der Waals surface area contributed by atoms with Crippen molar-refractivity contribution in [3.05, 3.63) is 58.9 Å². The zero-order valence-corrected chi connectivity index (χ0v) is 13.1. The van der Waals surface area contributed by atoms with Gasteiger partial charge in [-0.25, -0.2) is 4.98 Å². The molecular formula is C17H14ClNOS. The topological polar surface area (TPSA) is 22.1 Å². The molecule has 0 aliphatic rings. The van der Waals surface area contributed by atoms with Gasteiger partial charge in [0, 0.05) is 16.5 Å². The van der Waals surface area contributed by atoms with Crippen LogP contribution in [-0.4, -0.2) is 11.6 Å². The maximum atomic E-state index is 6.22.